The van der Waals surface area contributed by atoms with Gasteiger partial charge in [-0.15, -0.1) is 11.3 Å². The minimum absolute atomic E-state index is 0.173. The summed E-state index contributed by atoms with van der Waals surface area (Å²) in [5, 5.41) is 7.71. The standard InChI is InChI=1S/C24H25N3O3S/c28-23(18-7-3-8-21(15-18)26-24(29)22-9-4-14-31-22)25-16-19-5-1-2-6-20(19)17-27-10-12-30-13-11-27/h1-9,14-15H,10-13,16-17H2,(H,25,28)(H,26,29). The Balaban J connectivity index is 1.37. The Morgan fingerprint density at radius 2 is 1.74 bits per heavy atom. The zero-order valence-corrected chi connectivity index (χ0v) is 18.0. The van der Waals surface area contributed by atoms with Gasteiger partial charge in [0.15, 0.2) is 0 Å². The van der Waals surface area contributed by atoms with Gasteiger partial charge in [-0.3, -0.25) is 14.5 Å². The Morgan fingerprint density at radius 1 is 0.935 bits per heavy atom. The zero-order valence-electron chi connectivity index (χ0n) is 17.2. The molecular weight excluding hydrogens is 410 g/mol. The van der Waals surface area contributed by atoms with E-state index in [2.05, 4.69) is 21.6 Å². The van der Waals surface area contributed by atoms with Crippen molar-refractivity contribution in [1.82, 2.24) is 10.2 Å². The van der Waals surface area contributed by atoms with E-state index in [-0.39, 0.29) is 11.8 Å². The number of anilines is 1. The van der Waals surface area contributed by atoms with Crippen molar-refractivity contribution in [3.05, 3.63) is 87.6 Å². The molecule has 2 heterocycles. The van der Waals surface area contributed by atoms with E-state index in [1.807, 2.05) is 29.6 Å². The van der Waals surface area contributed by atoms with Gasteiger partial charge in [0.05, 0.1) is 18.1 Å². The summed E-state index contributed by atoms with van der Waals surface area (Å²) in [6, 6.07) is 18.8. The molecule has 7 heteroatoms. The summed E-state index contributed by atoms with van der Waals surface area (Å²) in [7, 11) is 0. The monoisotopic (exact) mass is 435 g/mol. The molecule has 0 spiro atoms. The normalized spacial score (nSPS) is 14.2. The van der Waals surface area contributed by atoms with Crippen LogP contribution in [-0.2, 0) is 17.8 Å². The number of amides is 2. The van der Waals surface area contributed by atoms with Gasteiger partial charge in [-0.1, -0.05) is 36.4 Å². The lowest BCUT2D eigenvalue weighted by Crippen LogP contribution is -2.36. The Bertz CT molecular complexity index is 1030. The van der Waals surface area contributed by atoms with E-state index in [1.54, 1.807) is 30.3 Å². The number of thiophene rings is 1. The van der Waals surface area contributed by atoms with Gasteiger partial charge >= 0.3 is 0 Å². The molecule has 0 aliphatic carbocycles. The maximum Gasteiger partial charge on any atom is 0.265 e. The molecule has 1 aliphatic heterocycles. The first-order valence-electron chi connectivity index (χ1n) is 10.3. The summed E-state index contributed by atoms with van der Waals surface area (Å²) < 4.78 is 5.43. The van der Waals surface area contributed by atoms with E-state index >= 15 is 0 Å². The molecule has 160 valence electrons. The summed E-state index contributed by atoms with van der Waals surface area (Å²) in [4.78, 5) is 28.0. The summed E-state index contributed by atoms with van der Waals surface area (Å²) in [5.74, 6) is -0.349. The highest BCUT2D eigenvalue weighted by Gasteiger charge is 2.14. The van der Waals surface area contributed by atoms with Crippen LogP contribution in [0.3, 0.4) is 0 Å². The van der Waals surface area contributed by atoms with Crippen molar-refractivity contribution >= 4 is 28.8 Å². The average molecular weight is 436 g/mol. The van der Waals surface area contributed by atoms with Gasteiger partial charge in [0.1, 0.15) is 0 Å². The van der Waals surface area contributed by atoms with Gasteiger partial charge in [-0.05, 0) is 40.8 Å². The highest BCUT2D eigenvalue weighted by atomic mass is 32.1. The van der Waals surface area contributed by atoms with Crippen molar-refractivity contribution in [3.63, 3.8) is 0 Å². The first kappa shape index (κ1) is 21.2. The SMILES string of the molecule is O=C(NCc1ccccc1CN1CCOCC1)c1cccc(NC(=O)c2cccs2)c1. The maximum atomic E-state index is 12.7. The summed E-state index contributed by atoms with van der Waals surface area (Å²) >= 11 is 1.38. The van der Waals surface area contributed by atoms with Crippen molar-refractivity contribution < 1.29 is 14.3 Å². The highest BCUT2D eigenvalue weighted by molar-refractivity contribution is 7.12. The molecule has 2 amide bonds. The first-order chi connectivity index (χ1) is 15.2. The second-order valence-electron chi connectivity index (χ2n) is 7.35. The van der Waals surface area contributed by atoms with Crippen LogP contribution in [0.15, 0.2) is 66.0 Å². The minimum Gasteiger partial charge on any atom is -0.379 e. The molecule has 31 heavy (non-hydrogen) atoms. The van der Waals surface area contributed by atoms with E-state index in [9.17, 15) is 9.59 Å². The number of carbonyl (C=O) groups is 2. The number of carbonyl (C=O) groups excluding carboxylic acids is 2. The van der Waals surface area contributed by atoms with E-state index in [0.29, 0.717) is 22.7 Å². The summed E-state index contributed by atoms with van der Waals surface area (Å²) in [5.41, 5.74) is 3.42. The van der Waals surface area contributed by atoms with Crippen molar-refractivity contribution in [2.24, 2.45) is 0 Å². The number of nitrogens with one attached hydrogen (secondary N) is 2. The fourth-order valence-electron chi connectivity index (χ4n) is 3.50. The number of morpholine rings is 1. The average Bonchev–Trinajstić information content (AvgIpc) is 3.34. The molecule has 3 aromatic rings. The molecule has 1 fully saturated rings. The molecular formula is C24H25N3O3S. The lowest BCUT2D eigenvalue weighted by atomic mass is 10.1. The quantitative estimate of drug-likeness (QED) is 0.593. The predicted octanol–water partition coefficient (Wildman–Crippen LogP) is 3.76. The molecule has 1 saturated heterocycles. The number of ether oxygens (including phenoxy) is 1. The molecule has 0 saturated carbocycles. The van der Waals surface area contributed by atoms with Crippen LogP contribution >= 0.6 is 11.3 Å². The minimum atomic E-state index is -0.176. The number of rotatable bonds is 7. The van der Waals surface area contributed by atoms with Gasteiger partial charge in [-0.2, -0.15) is 0 Å². The van der Waals surface area contributed by atoms with Gasteiger partial charge in [-0.25, -0.2) is 0 Å². The van der Waals surface area contributed by atoms with Crippen LogP contribution in [0.5, 0.6) is 0 Å². The van der Waals surface area contributed by atoms with Crippen LogP contribution in [0, 0.1) is 0 Å². The zero-order chi connectivity index (χ0) is 21.5. The molecule has 2 N–H and O–H groups in total. The van der Waals surface area contributed by atoms with Crippen molar-refractivity contribution in [3.8, 4) is 0 Å². The van der Waals surface area contributed by atoms with Crippen LogP contribution in [0.4, 0.5) is 5.69 Å². The van der Waals surface area contributed by atoms with Crippen LogP contribution < -0.4 is 10.6 Å². The molecule has 0 unspecified atom stereocenters. The third-order valence-electron chi connectivity index (χ3n) is 5.18. The third-order valence-corrected chi connectivity index (χ3v) is 6.05. The predicted molar refractivity (Wildman–Crippen MR) is 122 cm³/mol. The highest BCUT2D eigenvalue weighted by Crippen LogP contribution is 2.16. The topological polar surface area (TPSA) is 70.7 Å². The number of hydrogen-bond donors (Lipinski definition) is 2. The number of benzene rings is 2. The van der Waals surface area contributed by atoms with E-state index in [4.69, 9.17) is 4.74 Å². The molecule has 4 rings (SSSR count). The van der Waals surface area contributed by atoms with Crippen LogP contribution in [0.1, 0.15) is 31.2 Å². The summed E-state index contributed by atoms with van der Waals surface area (Å²) in [6.07, 6.45) is 0. The molecule has 0 bridgehead atoms. The fraction of sp³-hybridized carbons (Fsp3) is 0.250. The third kappa shape index (κ3) is 5.79. The molecule has 1 aliphatic rings. The smallest absolute Gasteiger partial charge is 0.265 e. The van der Waals surface area contributed by atoms with E-state index in [1.165, 1.54) is 16.9 Å². The van der Waals surface area contributed by atoms with Crippen LogP contribution in [-0.4, -0.2) is 43.0 Å². The molecule has 0 radical (unpaired) electrons. The maximum absolute atomic E-state index is 12.7. The van der Waals surface area contributed by atoms with Gasteiger partial charge in [0.2, 0.25) is 0 Å². The Labute approximate surface area is 185 Å². The number of hydrogen-bond acceptors (Lipinski definition) is 5. The van der Waals surface area contributed by atoms with Crippen molar-refractivity contribution in [2.75, 3.05) is 31.6 Å². The molecule has 6 nitrogen and oxygen atoms in total. The lowest BCUT2D eigenvalue weighted by molar-refractivity contribution is 0.0340. The van der Waals surface area contributed by atoms with Crippen molar-refractivity contribution in [1.29, 1.82) is 0 Å². The van der Waals surface area contributed by atoms with Gasteiger partial charge in [0, 0.05) is 37.4 Å². The van der Waals surface area contributed by atoms with E-state index in [0.717, 1.165) is 38.4 Å². The Morgan fingerprint density at radius 3 is 2.52 bits per heavy atom. The van der Waals surface area contributed by atoms with Crippen LogP contribution in [0.25, 0.3) is 0 Å². The van der Waals surface area contributed by atoms with E-state index < -0.39 is 0 Å². The fourth-order valence-corrected chi connectivity index (χ4v) is 4.12. The Kier molecular flexibility index (Phi) is 7.09. The van der Waals surface area contributed by atoms with Gasteiger partial charge < -0.3 is 15.4 Å². The molecule has 1 aromatic heterocycles. The molecule has 2 aromatic carbocycles. The largest absolute Gasteiger partial charge is 0.379 e. The first-order valence-corrected chi connectivity index (χ1v) is 11.2. The number of nitrogens with zero attached hydrogens (tertiary/aromatic N) is 1. The van der Waals surface area contributed by atoms with Crippen LogP contribution in [0.2, 0.25) is 0 Å². The lowest BCUT2D eigenvalue weighted by Gasteiger charge is -2.27. The summed E-state index contributed by atoms with van der Waals surface area (Å²) in [6.45, 7) is 4.66. The second-order valence-corrected chi connectivity index (χ2v) is 8.30. The van der Waals surface area contributed by atoms with Crippen molar-refractivity contribution in [2.45, 2.75) is 13.1 Å². The second kappa shape index (κ2) is 10.3. The van der Waals surface area contributed by atoms with Gasteiger partial charge in [0.25, 0.3) is 11.8 Å². The Hall–Kier alpha value is -3.00. The molecule has 0 atom stereocenters.